The first-order valence-electron chi connectivity index (χ1n) is 6.15. The summed E-state index contributed by atoms with van der Waals surface area (Å²) in [5.41, 5.74) is 0. The Morgan fingerprint density at radius 1 is 0.947 bits per heavy atom. The highest BCUT2D eigenvalue weighted by Gasteiger charge is 2.09. The van der Waals surface area contributed by atoms with Crippen LogP contribution in [0.3, 0.4) is 0 Å². The fraction of sp³-hybridized carbons (Fsp3) is 0.188. The lowest BCUT2D eigenvalue weighted by atomic mass is 10.2. The number of hydrogen-bond acceptors (Lipinski definition) is 3. The van der Waals surface area contributed by atoms with Crippen LogP contribution in [0.2, 0.25) is 0 Å². The largest absolute Gasteiger partial charge is 0.483 e. The van der Waals surface area contributed by atoms with Gasteiger partial charge in [0.15, 0.2) is 11.9 Å². The van der Waals surface area contributed by atoms with Crippen LogP contribution in [0, 0.1) is 0 Å². The molecule has 0 amide bonds. The van der Waals surface area contributed by atoms with Crippen LogP contribution in [-0.2, 0) is 4.79 Å². The number of para-hydroxylation sites is 1. The van der Waals surface area contributed by atoms with Gasteiger partial charge in [-0.05, 0) is 38.1 Å². The second-order valence-corrected chi connectivity index (χ2v) is 4.26. The van der Waals surface area contributed by atoms with Gasteiger partial charge in [0.05, 0.1) is 0 Å². The zero-order valence-corrected chi connectivity index (χ0v) is 11.0. The minimum absolute atomic E-state index is 0.00520. The molecule has 98 valence electrons. The first kappa shape index (κ1) is 13.1. The standard InChI is InChI=1S/C16H16O3/c1-12(17)13(2)18-15-9-6-10-16(11-15)19-14-7-4-3-5-8-14/h3-11,13H,1-2H3/t13-/m1/s1. The lowest BCUT2D eigenvalue weighted by Crippen LogP contribution is -2.20. The average Bonchev–Trinajstić information content (AvgIpc) is 2.40. The molecule has 0 radical (unpaired) electrons. The number of ether oxygens (including phenoxy) is 2. The molecule has 0 aliphatic heterocycles. The van der Waals surface area contributed by atoms with Crippen molar-refractivity contribution in [2.75, 3.05) is 0 Å². The Labute approximate surface area is 112 Å². The summed E-state index contributed by atoms with van der Waals surface area (Å²) in [4.78, 5) is 11.2. The molecule has 3 nitrogen and oxygen atoms in total. The third-order valence-electron chi connectivity index (χ3n) is 2.67. The van der Waals surface area contributed by atoms with Gasteiger partial charge in [-0.2, -0.15) is 0 Å². The van der Waals surface area contributed by atoms with Gasteiger partial charge in [-0.15, -0.1) is 0 Å². The molecule has 0 heterocycles. The highest BCUT2D eigenvalue weighted by Crippen LogP contribution is 2.25. The molecule has 2 aromatic rings. The molecule has 19 heavy (non-hydrogen) atoms. The van der Waals surface area contributed by atoms with Crippen LogP contribution in [0.15, 0.2) is 54.6 Å². The van der Waals surface area contributed by atoms with E-state index in [1.807, 2.05) is 42.5 Å². The zero-order chi connectivity index (χ0) is 13.7. The second kappa shape index (κ2) is 6.05. The number of carbonyl (C=O) groups is 1. The fourth-order valence-electron chi connectivity index (χ4n) is 1.52. The van der Waals surface area contributed by atoms with Crippen molar-refractivity contribution >= 4 is 5.78 Å². The molecule has 0 aliphatic carbocycles. The highest BCUT2D eigenvalue weighted by atomic mass is 16.5. The quantitative estimate of drug-likeness (QED) is 0.815. The van der Waals surface area contributed by atoms with Crippen molar-refractivity contribution in [3.63, 3.8) is 0 Å². The molecule has 2 rings (SSSR count). The number of rotatable bonds is 5. The Hall–Kier alpha value is -2.29. The number of carbonyl (C=O) groups excluding carboxylic acids is 1. The Bertz CT molecular complexity index is 549. The van der Waals surface area contributed by atoms with Gasteiger partial charge in [0.1, 0.15) is 17.2 Å². The van der Waals surface area contributed by atoms with E-state index in [2.05, 4.69) is 0 Å². The summed E-state index contributed by atoms with van der Waals surface area (Å²) in [6.07, 6.45) is -0.452. The van der Waals surface area contributed by atoms with Gasteiger partial charge < -0.3 is 9.47 Å². The molecule has 2 aromatic carbocycles. The van der Waals surface area contributed by atoms with Crippen molar-refractivity contribution in [3.05, 3.63) is 54.6 Å². The molecule has 0 N–H and O–H groups in total. The maximum atomic E-state index is 11.2. The van der Waals surface area contributed by atoms with E-state index in [0.717, 1.165) is 5.75 Å². The maximum absolute atomic E-state index is 11.2. The van der Waals surface area contributed by atoms with Crippen LogP contribution in [0.25, 0.3) is 0 Å². The molecule has 0 saturated carbocycles. The maximum Gasteiger partial charge on any atom is 0.169 e. The smallest absolute Gasteiger partial charge is 0.169 e. The van der Waals surface area contributed by atoms with E-state index in [1.54, 1.807) is 19.1 Å². The van der Waals surface area contributed by atoms with Crippen LogP contribution in [-0.4, -0.2) is 11.9 Å². The van der Waals surface area contributed by atoms with Gasteiger partial charge in [0, 0.05) is 6.07 Å². The molecule has 0 unspecified atom stereocenters. The zero-order valence-electron chi connectivity index (χ0n) is 11.0. The Balaban J connectivity index is 2.09. The van der Waals surface area contributed by atoms with Gasteiger partial charge in [0.2, 0.25) is 0 Å². The van der Waals surface area contributed by atoms with Crippen molar-refractivity contribution in [1.29, 1.82) is 0 Å². The van der Waals surface area contributed by atoms with Gasteiger partial charge in [-0.1, -0.05) is 24.3 Å². The first-order valence-corrected chi connectivity index (χ1v) is 6.15. The molecule has 0 fully saturated rings. The average molecular weight is 256 g/mol. The molecule has 0 saturated heterocycles. The van der Waals surface area contributed by atoms with E-state index in [1.165, 1.54) is 6.92 Å². The molecule has 0 aromatic heterocycles. The highest BCUT2D eigenvalue weighted by molar-refractivity contribution is 5.80. The second-order valence-electron chi connectivity index (χ2n) is 4.26. The minimum atomic E-state index is -0.452. The van der Waals surface area contributed by atoms with E-state index in [4.69, 9.17) is 9.47 Å². The minimum Gasteiger partial charge on any atom is -0.483 e. The summed E-state index contributed by atoms with van der Waals surface area (Å²) < 4.78 is 11.2. The lowest BCUT2D eigenvalue weighted by Gasteiger charge is -2.12. The number of Topliss-reactive ketones (excluding diaryl/α,β-unsaturated/α-hetero) is 1. The Morgan fingerprint density at radius 3 is 2.26 bits per heavy atom. The van der Waals surface area contributed by atoms with Gasteiger partial charge in [0.25, 0.3) is 0 Å². The van der Waals surface area contributed by atoms with Crippen molar-refractivity contribution in [2.45, 2.75) is 20.0 Å². The number of hydrogen-bond donors (Lipinski definition) is 0. The third kappa shape index (κ3) is 3.85. The predicted molar refractivity (Wildman–Crippen MR) is 73.7 cm³/mol. The Kier molecular flexibility index (Phi) is 4.18. The number of benzene rings is 2. The SMILES string of the molecule is CC(=O)[C@@H](C)Oc1cccc(Oc2ccccc2)c1. The lowest BCUT2D eigenvalue weighted by molar-refractivity contribution is -0.122. The van der Waals surface area contributed by atoms with Crippen molar-refractivity contribution in [3.8, 4) is 17.2 Å². The van der Waals surface area contributed by atoms with Crippen molar-refractivity contribution in [2.24, 2.45) is 0 Å². The van der Waals surface area contributed by atoms with Crippen molar-refractivity contribution < 1.29 is 14.3 Å². The van der Waals surface area contributed by atoms with Crippen LogP contribution in [0.5, 0.6) is 17.2 Å². The molecular formula is C16H16O3. The topological polar surface area (TPSA) is 35.5 Å². The summed E-state index contributed by atoms with van der Waals surface area (Å²) in [7, 11) is 0. The van der Waals surface area contributed by atoms with Gasteiger partial charge in [-0.25, -0.2) is 0 Å². The van der Waals surface area contributed by atoms with E-state index in [9.17, 15) is 4.79 Å². The number of ketones is 1. The monoisotopic (exact) mass is 256 g/mol. The van der Waals surface area contributed by atoms with E-state index in [0.29, 0.717) is 11.5 Å². The molecular weight excluding hydrogens is 240 g/mol. The fourth-order valence-corrected chi connectivity index (χ4v) is 1.52. The van der Waals surface area contributed by atoms with E-state index in [-0.39, 0.29) is 5.78 Å². The summed E-state index contributed by atoms with van der Waals surface area (Å²) in [6.45, 7) is 3.24. The van der Waals surface area contributed by atoms with Gasteiger partial charge in [-0.3, -0.25) is 4.79 Å². The summed E-state index contributed by atoms with van der Waals surface area (Å²) in [6, 6.07) is 16.8. The van der Waals surface area contributed by atoms with Crippen LogP contribution in [0.1, 0.15) is 13.8 Å². The Morgan fingerprint density at radius 2 is 1.58 bits per heavy atom. The molecule has 0 bridgehead atoms. The first-order chi connectivity index (χ1) is 9.15. The van der Waals surface area contributed by atoms with Gasteiger partial charge >= 0.3 is 0 Å². The molecule has 1 atom stereocenters. The summed E-state index contributed by atoms with van der Waals surface area (Å²) in [5, 5.41) is 0. The van der Waals surface area contributed by atoms with E-state index >= 15 is 0 Å². The van der Waals surface area contributed by atoms with Crippen molar-refractivity contribution in [1.82, 2.24) is 0 Å². The van der Waals surface area contributed by atoms with Crippen LogP contribution >= 0.6 is 0 Å². The summed E-state index contributed by atoms with van der Waals surface area (Å²) >= 11 is 0. The normalized spacial score (nSPS) is 11.7. The molecule has 0 spiro atoms. The predicted octanol–water partition coefficient (Wildman–Crippen LogP) is 3.84. The van der Waals surface area contributed by atoms with E-state index < -0.39 is 6.10 Å². The third-order valence-corrected chi connectivity index (χ3v) is 2.67. The summed E-state index contributed by atoms with van der Waals surface area (Å²) in [5.74, 6) is 2.06. The molecule has 0 aliphatic rings. The molecule has 3 heteroatoms. The van der Waals surface area contributed by atoms with Crippen LogP contribution in [0.4, 0.5) is 0 Å². The van der Waals surface area contributed by atoms with Crippen LogP contribution < -0.4 is 9.47 Å².